The first-order valence-electron chi connectivity index (χ1n) is 7.84. The molecule has 0 heterocycles. The molecule has 3 nitrogen and oxygen atoms in total. The quantitative estimate of drug-likeness (QED) is 0.764. The van der Waals surface area contributed by atoms with Gasteiger partial charge >= 0.3 is 0 Å². The Morgan fingerprint density at radius 2 is 1.71 bits per heavy atom. The molecule has 0 unspecified atom stereocenters. The molecule has 0 fully saturated rings. The molecule has 0 radical (unpaired) electrons. The van der Waals surface area contributed by atoms with E-state index in [1.165, 1.54) is 5.56 Å². The summed E-state index contributed by atoms with van der Waals surface area (Å²) in [5.74, 6) is -0.0815. The summed E-state index contributed by atoms with van der Waals surface area (Å²) in [6, 6.07) is 9.43. The zero-order valence-electron chi connectivity index (χ0n) is 14.3. The first-order chi connectivity index (χ1) is 11.3. The molecule has 0 aromatic heterocycles. The second-order valence-corrected chi connectivity index (χ2v) is 6.93. The van der Waals surface area contributed by atoms with Crippen LogP contribution in [0.3, 0.4) is 0 Å². The van der Waals surface area contributed by atoms with Gasteiger partial charge in [0.25, 0.3) is 0 Å². The maximum Gasteiger partial charge on any atom is 0.238 e. The van der Waals surface area contributed by atoms with Crippen molar-refractivity contribution in [2.24, 2.45) is 0 Å². The normalized spacial score (nSPS) is 12.1. The Balaban J connectivity index is 1.98. The van der Waals surface area contributed by atoms with E-state index in [1.54, 1.807) is 12.1 Å². The van der Waals surface area contributed by atoms with E-state index >= 15 is 0 Å². The summed E-state index contributed by atoms with van der Waals surface area (Å²) >= 11 is 12.1. The lowest BCUT2D eigenvalue weighted by molar-refractivity contribution is -0.115. The van der Waals surface area contributed by atoms with Crippen LogP contribution < -0.4 is 10.6 Å². The summed E-state index contributed by atoms with van der Waals surface area (Å²) < 4.78 is 0. The number of anilines is 1. The van der Waals surface area contributed by atoms with E-state index in [4.69, 9.17) is 23.2 Å². The van der Waals surface area contributed by atoms with Crippen LogP contribution in [-0.2, 0) is 4.79 Å². The smallest absolute Gasteiger partial charge is 0.238 e. The van der Waals surface area contributed by atoms with Crippen molar-refractivity contribution >= 4 is 34.8 Å². The van der Waals surface area contributed by atoms with E-state index in [9.17, 15) is 4.79 Å². The number of nitrogens with one attached hydrogen (secondary N) is 2. The fourth-order valence-electron chi connectivity index (χ4n) is 2.77. The number of benzene rings is 2. The zero-order valence-corrected chi connectivity index (χ0v) is 15.8. The van der Waals surface area contributed by atoms with Gasteiger partial charge in [-0.3, -0.25) is 4.79 Å². The average molecular weight is 365 g/mol. The Kier molecular flexibility index (Phi) is 6.27. The SMILES string of the molecule is Cc1cc(C)c(NC(=O)CN[C@H](C)c2ccc(Cl)cc2Cl)c(C)c1. The van der Waals surface area contributed by atoms with E-state index in [2.05, 4.69) is 22.8 Å². The highest BCUT2D eigenvalue weighted by molar-refractivity contribution is 6.35. The molecule has 2 N–H and O–H groups in total. The van der Waals surface area contributed by atoms with Crippen LogP contribution in [0.5, 0.6) is 0 Å². The summed E-state index contributed by atoms with van der Waals surface area (Å²) in [5.41, 5.74) is 5.11. The number of carbonyl (C=O) groups excluding carboxylic acids is 1. The Morgan fingerprint density at radius 3 is 2.29 bits per heavy atom. The molecule has 2 aromatic carbocycles. The number of rotatable bonds is 5. The van der Waals surface area contributed by atoms with Gasteiger partial charge in [0.05, 0.1) is 6.54 Å². The maximum atomic E-state index is 12.2. The number of carbonyl (C=O) groups is 1. The monoisotopic (exact) mass is 364 g/mol. The van der Waals surface area contributed by atoms with Gasteiger partial charge in [-0.1, -0.05) is 47.0 Å². The van der Waals surface area contributed by atoms with Gasteiger partial charge in [-0.25, -0.2) is 0 Å². The highest BCUT2D eigenvalue weighted by Crippen LogP contribution is 2.26. The van der Waals surface area contributed by atoms with Crippen molar-refractivity contribution in [3.63, 3.8) is 0 Å². The van der Waals surface area contributed by atoms with Crippen molar-refractivity contribution in [1.29, 1.82) is 0 Å². The molecule has 1 amide bonds. The fourth-order valence-corrected chi connectivity index (χ4v) is 3.34. The standard InChI is InChI=1S/C19H22Cl2N2O/c1-11-7-12(2)19(13(3)8-11)23-18(24)10-22-14(4)16-6-5-15(20)9-17(16)21/h5-9,14,22H,10H2,1-4H3,(H,23,24)/t14-/m1/s1. The summed E-state index contributed by atoms with van der Waals surface area (Å²) in [6.07, 6.45) is 0. The first kappa shape index (κ1) is 18.8. The van der Waals surface area contributed by atoms with Crippen molar-refractivity contribution in [3.05, 3.63) is 62.6 Å². The second-order valence-electron chi connectivity index (χ2n) is 6.09. The molecule has 0 aliphatic heterocycles. The van der Waals surface area contributed by atoms with E-state index in [1.807, 2.05) is 33.8 Å². The molecule has 0 saturated heterocycles. The highest BCUT2D eigenvalue weighted by Gasteiger charge is 2.13. The maximum absolute atomic E-state index is 12.2. The lowest BCUT2D eigenvalue weighted by atomic mass is 10.1. The Labute approximate surface area is 153 Å². The molecule has 0 aliphatic rings. The zero-order chi connectivity index (χ0) is 17.9. The van der Waals surface area contributed by atoms with Crippen LogP contribution in [-0.4, -0.2) is 12.5 Å². The first-order valence-corrected chi connectivity index (χ1v) is 8.59. The summed E-state index contributed by atoms with van der Waals surface area (Å²) in [6.45, 7) is 8.21. The van der Waals surface area contributed by atoms with E-state index < -0.39 is 0 Å². The van der Waals surface area contributed by atoms with Gasteiger partial charge in [-0.15, -0.1) is 0 Å². The van der Waals surface area contributed by atoms with Crippen molar-refractivity contribution < 1.29 is 4.79 Å². The van der Waals surface area contributed by atoms with Gasteiger partial charge in [0.15, 0.2) is 0 Å². The number of amides is 1. The fraction of sp³-hybridized carbons (Fsp3) is 0.316. The van der Waals surface area contributed by atoms with Crippen LogP contribution in [0.4, 0.5) is 5.69 Å². The molecule has 5 heteroatoms. The van der Waals surface area contributed by atoms with Gasteiger partial charge in [0.2, 0.25) is 5.91 Å². The van der Waals surface area contributed by atoms with Crippen LogP contribution in [0.2, 0.25) is 10.0 Å². The highest BCUT2D eigenvalue weighted by atomic mass is 35.5. The average Bonchev–Trinajstić information content (AvgIpc) is 2.48. The predicted octanol–water partition coefficient (Wildman–Crippen LogP) is 5.21. The van der Waals surface area contributed by atoms with Crippen molar-refractivity contribution in [2.45, 2.75) is 33.7 Å². The number of hydrogen-bond acceptors (Lipinski definition) is 2. The summed E-state index contributed by atoms with van der Waals surface area (Å²) in [4.78, 5) is 12.2. The van der Waals surface area contributed by atoms with E-state index in [0.29, 0.717) is 10.0 Å². The minimum absolute atomic E-state index is 0.0549. The number of hydrogen-bond donors (Lipinski definition) is 2. The molecular weight excluding hydrogens is 343 g/mol. The molecule has 1 atom stereocenters. The Morgan fingerprint density at radius 1 is 1.08 bits per heavy atom. The third kappa shape index (κ3) is 4.73. The second kappa shape index (κ2) is 8.02. The summed E-state index contributed by atoms with van der Waals surface area (Å²) in [5, 5.41) is 7.36. The molecule has 2 rings (SSSR count). The minimum atomic E-state index is -0.0815. The van der Waals surface area contributed by atoms with Gasteiger partial charge in [0, 0.05) is 21.8 Å². The van der Waals surface area contributed by atoms with E-state index in [0.717, 1.165) is 22.4 Å². The molecular formula is C19H22Cl2N2O. The Bertz CT molecular complexity index is 736. The van der Waals surface area contributed by atoms with Crippen LogP contribution in [0.15, 0.2) is 30.3 Å². The van der Waals surface area contributed by atoms with Crippen LogP contribution in [0.25, 0.3) is 0 Å². The van der Waals surface area contributed by atoms with Crippen LogP contribution in [0.1, 0.15) is 35.2 Å². The number of halogens is 2. The van der Waals surface area contributed by atoms with Crippen molar-refractivity contribution in [3.8, 4) is 0 Å². The molecule has 0 spiro atoms. The molecule has 24 heavy (non-hydrogen) atoms. The van der Waals surface area contributed by atoms with Gasteiger partial charge in [-0.2, -0.15) is 0 Å². The van der Waals surface area contributed by atoms with Gasteiger partial charge < -0.3 is 10.6 Å². The van der Waals surface area contributed by atoms with E-state index in [-0.39, 0.29) is 18.5 Å². The largest absolute Gasteiger partial charge is 0.324 e. The lowest BCUT2D eigenvalue weighted by Gasteiger charge is -2.17. The third-order valence-corrected chi connectivity index (χ3v) is 4.50. The van der Waals surface area contributed by atoms with Crippen LogP contribution >= 0.6 is 23.2 Å². The number of aryl methyl sites for hydroxylation is 3. The molecule has 0 bridgehead atoms. The lowest BCUT2D eigenvalue weighted by Crippen LogP contribution is -2.30. The van der Waals surface area contributed by atoms with Gasteiger partial charge in [0.1, 0.15) is 0 Å². The van der Waals surface area contributed by atoms with Crippen LogP contribution in [0, 0.1) is 20.8 Å². The minimum Gasteiger partial charge on any atom is -0.324 e. The van der Waals surface area contributed by atoms with Gasteiger partial charge in [-0.05, 0) is 56.5 Å². The topological polar surface area (TPSA) is 41.1 Å². The van der Waals surface area contributed by atoms with Crippen molar-refractivity contribution in [1.82, 2.24) is 5.32 Å². The molecule has 0 saturated carbocycles. The third-order valence-electron chi connectivity index (χ3n) is 3.94. The predicted molar refractivity (Wildman–Crippen MR) is 102 cm³/mol. The molecule has 0 aliphatic carbocycles. The molecule has 128 valence electrons. The molecule has 2 aromatic rings. The van der Waals surface area contributed by atoms with Crippen molar-refractivity contribution in [2.75, 3.05) is 11.9 Å². The summed E-state index contributed by atoms with van der Waals surface area (Å²) in [7, 11) is 0. The Hall–Kier alpha value is -1.55.